The third-order valence-corrected chi connectivity index (χ3v) is 5.06. The quantitative estimate of drug-likeness (QED) is 0.940. The number of hydrogen-bond donors (Lipinski definition) is 1. The van der Waals surface area contributed by atoms with Crippen molar-refractivity contribution >= 4 is 22.1 Å². The second-order valence-corrected chi connectivity index (χ2v) is 7.21. The zero-order valence-corrected chi connectivity index (χ0v) is 13.6. The van der Waals surface area contributed by atoms with Crippen LogP contribution in [0.5, 0.6) is 0 Å². The highest BCUT2D eigenvalue weighted by atomic mass is 32.1. The lowest BCUT2D eigenvalue weighted by atomic mass is 10.0. The first-order chi connectivity index (χ1) is 9.56. The Hall–Kier alpha value is -1.07. The minimum absolute atomic E-state index is 0.489. The lowest BCUT2D eigenvalue weighted by Crippen LogP contribution is -2.26. The molecule has 2 aromatic rings. The highest BCUT2D eigenvalue weighted by molar-refractivity contribution is 7.15. The Balaban J connectivity index is 1.93. The summed E-state index contributed by atoms with van der Waals surface area (Å²) >= 11 is 1.71. The van der Waals surface area contributed by atoms with Gasteiger partial charge in [0.2, 0.25) is 0 Å². The summed E-state index contributed by atoms with van der Waals surface area (Å²) in [7, 11) is 0. The molecular weight excluding hydrogens is 268 g/mol. The first-order valence-electron chi connectivity index (χ1n) is 7.49. The number of nitrogens with zero attached hydrogens (tertiary/aromatic N) is 3. The van der Waals surface area contributed by atoms with E-state index in [1.165, 1.54) is 11.5 Å². The van der Waals surface area contributed by atoms with Crippen LogP contribution in [0.4, 0.5) is 5.82 Å². The van der Waals surface area contributed by atoms with E-state index in [1.807, 2.05) is 0 Å². The average molecular weight is 292 g/mol. The summed E-state index contributed by atoms with van der Waals surface area (Å²) in [6.07, 6.45) is 2.14. The largest absolute Gasteiger partial charge is 0.354 e. The number of fused-ring (bicyclic) bond motifs is 1. The normalized spacial score (nSPS) is 23.4. The van der Waals surface area contributed by atoms with Crippen molar-refractivity contribution in [3.05, 3.63) is 17.3 Å². The minimum atomic E-state index is 0.489. The van der Waals surface area contributed by atoms with Crippen LogP contribution in [-0.4, -0.2) is 28.5 Å². The van der Waals surface area contributed by atoms with Crippen molar-refractivity contribution < 1.29 is 0 Å². The van der Waals surface area contributed by atoms with Crippen molar-refractivity contribution in [1.82, 2.24) is 14.7 Å². The maximum atomic E-state index is 4.87. The van der Waals surface area contributed by atoms with Gasteiger partial charge in [0.25, 0.3) is 0 Å². The number of rotatable bonds is 4. The molecule has 2 atom stereocenters. The minimum Gasteiger partial charge on any atom is -0.354 e. The summed E-state index contributed by atoms with van der Waals surface area (Å²) in [6, 6.07) is 0.489. The van der Waals surface area contributed by atoms with Gasteiger partial charge in [0.15, 0.2) is 10.8 Å². The van der Waals surface area contributed by atoms with Gasteiger partial charge in [-0.2, -0.15) is 0 Å². The predicted molar refractivity (Wildman–Crippen MR) is 85.6 cm³/mol. The van der Waals surface area contributed by atoms with Gasteiger partial charge in [0.1, 0.15) is 0 Å². The van der Waals surface area contributed by atoms with E-state index in [2.05, 4.69) is 53.9 Å². The van der Waals surface area contributed by atoms with Crippen LogP contribution >= 0.6 is 11.3 Å². The predicted octanol–water partition coefficient (Wildman–Crippen LogP) is 2.99. The van der Waals surface area contributed by atoms with Crippen molar-refractivity contribution in [2.45, 2.75) is 40.3 Å². The summed E-state index contributed by atoms with van der Waals surface area (Å²) in [4.78, 5) is 8.44. The Kier molecular flexibility index (Phi) is 3.73. The molecule has 20 heavy (non-hydrogen) atoms. The Morgan fingerprint density at radius 3 is 2.70 bits per heavy atom. The lowest BCUT2D eigenvalue weighted by Gasteiger charge is -2.18. The van der Waals surface area contributed by atoms with E-state index in [-0.39, 0.29) is 0 Å². The summed E-state index contributed by atoms with van der Waals surface area (Å²) in [5.41, 5.74) is 1.30. The Labute approximate surface area is 124 Å². The van der Waals surface area contributed by atoms with Gasteiger partial charge < -0.3 is 10.2 Å². The van der Waals surface area contributed by atoms with Crippen LogP contribution in [-0.2, 0) is 6.54 Å². The molecule has 1 aliphatic rings. The zero-order valence-electron chi connectivity index (χ0n) is 12.8. The fourth-order valence-electron chi connectivity index (χ4n) is 2.84. The summed E-state index contributed by atoms with van der Waals surface area (Å²) in [6.45, 7) is 12.2. The molecule has 3 rings (SSSR count). The van der Waals surface area contributed by atoms with E-state index < -0.39 is 0 Å². The van der Waals surface area contributed by atoms with Crippen LogP contribution in [0, 0.1) is 11.8 Å². The van der Waals surface area contributed by atoms with E-state index in [0.29, 0.717) is 6.04 Å². The summed E-state index contributed by atoms with van der Waals surface area (Å²) < 4.78 is 2.24. The number of imidazole rings is 1. The van der Waals surface area contributed by atoms with Crippen LogP contribution in [0.2, 0.25) is 0 Å². The van der Waals surface area contributed by atoms with E-state index >= 15 is 0 Å². The highest BCUT2D eigenvalue weighted by Crippen LogP contribution is 2.31. The summed E-state index contributed by atoms with van der Waals surface area (Å²) in [5, 5.41) is 5.64. The monoisotopic (exact) mass is 292 g/mol. The second kappa shape index (κ2) is 5.37. The molecule has 0 saturated carbocycles. The molecule has 3 heterocycles. The van der Waals surface area contributed by atoms with E-state index in [1.54, 1.807) is 11.3 Å². The van der Waals surface area contributed by atoms with Crippen molar-refractivity contribution in [3.63, 3.8) is 0 Å². The average Bonchev–Trinajstić information content (AvgIpc) is 3.02. The van der Waals surface area contributed by atoms with Crippen molar-refractivity contribution in [2.75, 3.05) is 18.0 Å². The SMILES string of the molecule is CC(C)NCc1c(N2CC(C)C(C)C2)nc2sccn12. The molecule has 0 aliphatic carbocycles. The Morgan fingerprint density at radius 1 is 1.35 bits per heavy atom. The van der Waals surface area contributed by atoms with Crippen LogP contribution in [0.15, 0.2) is 11.6 Å². The molecule has 1 saturated heterocycles. The summed E-state index contributed by atoms with van der Waals surface area (Å²) in [5.74, 6) is 2.68. The third kappa shape index (κ3) is 2.44. The highest BCUT2D eigenvalue weighted by Gasteiger charge is 2.29. The maximum Gasteiger partial charge on any atom is 0.195 e. The molecule has 1 fully saturated rings. The topological polar surface area (TPSA) is 32.6 Å². The third-order valence-electron chi connectivity index (χ3n) is 4.31. The van der Waals surface area contributed by atoms with Crippen molar-refractivity contribution in [3.8, 4) is 0 Å². The van der Waals surface area contributed by atoms with E-state index in [0.717, 1.165) is 36.4 Å². The van der Waals surface area contributed by atoms with Gasteiger partial charge in [0.05, 0.1) is 5.69 Å². The van der Waals surface area contributed by atoms with Crippen molar-refractivity contribution in [2.24, 2.45) is 11.8 Å². The molecule has 110 valence electrons. The fraction of sp³-hybridized carbons (Fsp3) is 0.667. The van der Waals surface area contributed by atoms with Gasteiger partial charge in [-0.05, 0) is 11.8 Å². The van der Waals surface area contributed by atoms with Gasteiger partial charge >= 0.3 is 0 Å². The zero-order chi connectivity index (χ0) is 14.3. The van der Waals surface area contributed by atoms with Gasteiger partial charge in [-0.1, -0.05) is 27.7 Å². The lowest BCUT2D eigenvalue weighted by molar-refractivity contribution is 0.494. The van der Waals surface area contributed by atoms with Gasteiger partial charge in [-0.15, -0.1) is 11.3 Å². The number of thiazole rings is 1. The molecule has 5 heteroatoms. The standard InChI is InChI=1S/C15H24N4S/c1-10(2)16-7-13-14(17-15-19(13)5-6-20-15)18-8-11(3)12(4)9-18/h5-6,10-12,16H,7-9H2,1-4H3. The number of nitrogens with one attached hydrogen (secondary N) is 1. The number of aromatic nitrogens is 2. The fourth-order valence-corrected chi connectivity index (χ4v) is 3.57. The van der Waals surface area contributed by atoms with E-state index in [9.17, 15) is 0 Å². The molecule has 0 spiro atoms. The van der Waals surface area contributed by atoms with Gasteiger partial charge in [0, 0.05) is 37.3 Å². The second-order valence-electron chi connectivity index (χ2n) is 6.33. The van der Waals surface area contributed by atoms with Crippen LogP contribution in [0.3, 0.4) is 0 Å². The Bertz CT molecular complexity index is 576. The van der Waals surface area contributed by atoms with Gasteiger partial charge in [-0.3, -0.25) is 4.40 Å². The molecule has 2 unspecified atom stereocenters. The molecule has 2 aromatic heterocycles. The maximum absolute atomic E-state index is 4.87. The first kappa shape index (κ1) is 13.9. The molecule has 1 aliphatic heterocycles. The molecule has 0 amide bonds. The molecule has 4 nitrogen and oxygen atoms in total. The van der Waals surface area contributed by atoms with Crippen molar-refractivity contribution in [1.29, 1.82) is 0 Å². The molecule has 0 radical (unpaired) electrons. The van der Waals surface area contributed by atoms with Crippen LogP contribution in [0.25, 0.3) is 4.96 Å². The number of hydrogen-bond acceptors (Lipinski definition) is 4. The van der Waals surface area contributed by atoms with Crippen LogP contribution in [0.1, 0.15) is 33.4 Å². The molecule has 0 bridgehead atoms. The molecule has 0 aromatic carbocycles. The van der Waals surface area contributed by atoms with Gasteiger partial charge in [-0.25, -0.2) is 4.98 Å². The van der Waals surface area contributed by atoms with Crippen LogP contribution < -0.4 is 10.2 Å². The van der Waals surface area contributed by atoms with E-state index in [4.69, 9.17) is 4.98 Å². The smallest absolute Gasteiger partial charge is 0.195 e. The first-order valence-corrected chi connectivity index (χ1v) is 8.37. The Morgan fingerprint density at radius 2 is 2.05 bits per heavy atom. The number of anilines is 1. The molecular formula is C15H24N4S. The molecule has 1 N–H and O–H groups in total.